The number of ether oxygens (including phenoxy) is 3. The van der Waals surface area contributed by atoms with Gasteiger partial charge in [0.1, 0.15) is 23.7 Å². The summed E-state index contributed by atoms with van der Waals surface area (Å²) in [5, 5.41) is 4.75. The Balaban J connectivity index is 1.15. The molecule has 0 N–H and O–H groups in total. The van der Waals surface area contributed by atoms with Gasteiger partial charge in [0.15, 0.2) is 0 Å². The second-order valence-electron chi connectivity index (χ2n) is 8.47. The Morgan fingerprint density at radius 2 is 2.12 bits per heavy atom. The fourth-order valence-corrected chi connectivity index (χ4v) is 4.63. The number of fused-ring (bicyclic) bond motifs is 3. The van der Waals surface area contributed by atoms with Gasteiger partial charge >= 0.3 is 6.09 Å². The average molecular weight is 448 g/mol. The van der Waals surface area contributed by atoms with E-state index < -0.39 is 0 Å². The molecule has 3 aliphatic rings. The van der Waals surface area contributed by atoms with Gasteiger partial charge < -0.3 is 24.0 Å². The lowest BCUT2D eigenvalue weighted by Crippen LogP contribution is -2.71. The van der Waals surface area contributed by atoms with Crippen molar-refractivity contribution in [3.05, 3.63) is 48.4 Å². The zero-order valence-corrected chi connectivity index (χ0v) is 18.3. The van der Waals surface area contributed by atoms with Crippen molar-refractivity contribution in [2.24, 2.45) is 0 Å². The van der Waals surface area contributed by atoms with E-state index in [9.17, 15) is 4.79 Å². The van der Waals surface area contributed by atoms with Crippen LogP contribution in [0.2, 0.25) is 0 Å². The summed E-state index contributed by atoms with van der Waals surface area (Å²) in [6, 6.07) is 7.84. The molecule has 6 rings (SSSR count). The Bertz CT molecular complexity index is 1190. The summed E-state index contributed by atoms with van der Waals surface area (Å²) >= 11 is 0. The molecular formula is C23H24N6O4. The normalized spacial score (nSPS) is 18.2. The molecule has 6 heterocycles. The van der Waals surface area contributed by atoms with E-state index in [1.54, 1.807) is 11.1 Å². The van der Waals surface area contributed by atoms with E-state index in [-0.39, 0.29) is 11.7 Å². The summed E-state index contributed by atoms with van der Waals surface area (Å²) in [5.41, 5.74) is 3.32. The third-order valence-corrected chi connectivity index (χ3v) is 6.23. The highest BCUT2D eigenvalue weighted by Crippen LogP contribution is 2.35. The lowest BCUT2D eigenvalue weighted by atomic mass is 9.92. The largest absolute Gasteiger partial charge is 0.472 e. The number of carbonyl (C=O) groups is 1. The molecule has 10 heteroatoms. The standard InChI is InChI=1S/C23H24N6O4/c1-2-31-22(30)27-8-9-33-23(13-27)14-28(15-23)19-6-5-17(10-25-19)29-11-16-12-32-21-18(20(16)26-29)4-3-7-24-21/h3-7,10-11H,2,8-9,12-15H2,1H3. The van der Waals surface area contributed by atoms with E-state index in [0.717, 1.165) is 28.3 Å². The van der Waals surface area contributed by atoms with E-state index in [0.29, 0.717) is 51.9 Å². The highest BCUT2D eigenvalue weighted by Gasteiger charge is 2.49. The van der Waals surface area contributed by atoms with Gasteiger partial charge in [-0.2, -0.15) is 5.10 Å². The summed E-state index contributed by atoms with van der Waals surface area (Å²) in [6.07, 6.45) is 5.24. The van der Waals surface area contributed by atoms with Crippen molar-refractivity contribution >= 4 is 11.9 Å². The minimum Gasteiger partial charge on any atom is -0.472 e. The van der Waals surface area contributed by atoms with Crippen molar-refractivity contribution in [2.45, 2.75) is 19.1 Å². The zero-order valence-electron chi connectivity index (χ0n) is 18.3. The molecule has 3 aliphatic heterocycles. The Morgan fingerprint density at radius 3 is 2.94 bits per heavy atom. The van der Waals surface area contributed by atoms with E-state index >= 15 is 0 Å². The minimum atomic E-state index is -0.353. The summed E-state index contributed by atoms with van der Waals surface area (Å²) in [6.45, 7) is 5.64. The van der Waals surface area contributed by atoms with Gasteiger partial charge in [0, 0.05) is 24.5 Å². The number of pyridine rings is 2. The van der Waals surface area contributed by atoms with E-state index in [1.807, 2.05) is 48.3 Å². The van der Waals surface area contributed by atoms with Gasteiger partial charge in [0.2, 0.25) is 5.88 Å². The topological polar surface area (TPSA) is 94.8 Å². The fourth-order valence-electron chi connectivity index (χ4n) is 4.63. The van der Waals surface area contributed by atoms with Crippen molar-refractivity contribution in [1.82, 2.24) is 24.6 Å². The van der Waals surface area contributed by atoms with Crippen LogP contribution in [-0.4, -0.2) is 75.7 Å². The van der Waals surface area contributed by atoms with Crippen molar-refractivity contribution in [3.8, 4) is 22.8 Å². The first kappa shape index (κ1) is 20.0. The Hall–Kier alpha value is -3.66. The molecule has 3 aromatic rings. The molecule has 2 fully saturated rings. The number of aromatic nitrogens is 4. The lowest BCUT2D eigenvalue weighted by molar-refractivity contribution is -0.117. The second-order valence-corrected chi connectivity index (χ2v) is 8.47. The maximum absolute atomic E-state index is 12.1. The lowest BCUT2D eigenvalue weighted by Gasteiger charge is -2.53. The van der Waals surface area contributed by atoms with Crippen LogP contribution in [0.5, 0.6) is 5.88 Å². The molecule has 0 radical (unpaired) electrons. The molecule has 1 amide bonds. The summed E-state index contributed by atoms with van der Waals surface area (Å²) < 4.78 is 18.7. The van der Waals surface area contributed by atoms with Gasteiger partial charge in [-0.15, -0.1) is 0 Å². The Labute approximate surface area is 190 Å². The Kier molecular flexibility index (Phi) is 4.68. The average Bonchev–Trinajstić information content (AvgIpc) is 3.28. The molecule has 2 saturated heterocycles. The predicted octanol–water partition coefficient (Wildman–Crippen LogP) is 2.27. The van der Waals surface area contributed by atoms with Crippen LogP contribution in [0.25, 0.3) is 16.9 Å². The van der Waals surface area contributed by atoms with Crippen LogP contribution in [0.15, 0.2) is 42.9 Å². The molecular weight excluding hydrogens is 424 g/mol. The SMILES string of the molecule is CCOC(=O)N1CCOC2(C1)CN(c1ccc(-n3cc4c(n3)-c3cccnc3OC4)cn1)C2. The summed E-state index contributed by atoms with van der Waals surface area (Å²) in [7, 11) is 0. The number of anilines is 1. The quantitative estimate of drug-likeness (QED) is 0.602. The second kappa shape index (κ2) is 7.73. The molecule has 0 bridgehead atoms. The summed E-state index contributed by atoms with van der Waals surface area (Å²) in [5.74, 6) is 1.48. The molecule has 0 unspecified atom stereocenters. The highest BCUT2D eigenvalue weighted by atomic mass is 16.6. The number of morpholine rings is 1. The van der Waals surface area contributed by atoms with E-state index in [4.69, 9.17) is 19.3 Å². The molecule has 0 aliphatic carbocycles. The number of hydrogen-bond acceptors (Lipinski definition) is 8. The highest BCUT2D eigenvalue weighted by molar-refractivity contribution is 5.70. The van der Waals surface area contributed by atoms with Crippen LogP contribution in [0.4, 0.5) is 10.6 Å². The van der Waals surface area contributed by atoms with Crippen molar-refractivity contribution < 1.29 is 19.0 Å². The number of rotatable bonds is 3. The smallest absolute Gasteiger partial charge is 0.409 e. The van der Waals surface area contributed by atoms with Gasteiger partial charge in [0.25, 0.3) is 0 Å². The Morgan fingerprint density at radius 1 is 1.21 bits per heavy atom. The van der Waals surface area contributed by atoms with Gasteiger partial charge in [-0.25, -0.2) is 19.4 Å². The molecule has 170 valence electrons. The molecule has 10 nitrogen and oxygen atoms in total. The number of nitrogens with zero attached hydrogens (tertiary/aromatic N) is 6. The molecule has 0 saturated carbocycles. The van der Waals surface area contributed by atoms with Gasteiger partial charge in [0.05, 0.1) is 50.3 Å². The van der Waals surface area contributed by atoms with Crippen molar-refractivity contribution in [1.29, 1.82) is 0 Å². The molecule has 33 heavy (non-hydrogen) atoms. The van der Waals surface area contributed by atoms with E-state index in [2.05, 4.69) is 14.9 Å². The summed E-state index contributed by atoms with van der Waals surface area (Å²) in [4.78, 5) is 24.9. The monoisotopic (exact) mass is 448 g/mol. The predicted molar refractivity (Wildman–Crippen MR) is 118 cm³/mol. The van der Waals surface area contributed by atoms with Crippen LogP contribution < -0.4 is 9.64 Å². The third kappa shape index (κ3) is 3.46. The maximum Gasteiger partial charge on any atom is 0.409 e. The first-order valence-corrected chi connectivity index (χ1v) is 11.1. The molecule has 0 aromatic carbocycles. The first-order chi connectivity index (χ1) is 16.1. The van der Waals surface area contributed by atoms with Gasteiger partial charge in [-0.05, 0) is 31.2 Å². The van der Waals surface area contributed by atoms with E-state index in [1.165, 1.54) is 0 Å². The van der Waals surface area contributed by atoms with Gasteiger partial charge in [-0.3, -0.25) is 0 Å². The molecule has 1 spiro atoms. The first-order valence-electron chi connectivity index (χ1n) is 11.1. The third-order valence-electron chi connectivity index (χ3n) is 6.23. The minimum absolute atomic E-state index is 0.271. The number of hydrogen-bond donors (Lipinski definition) is 0. The maximum atomic E-state index is 12.1. The number of carbonyl (C=O) groups excluding carboxylic acids is 1. The van der Waals surface area contributed by atoms with Crippen molar-refractivity contribution in [2.75, 3.05) is 44.3 Å². The zero-order chi connectivity index (χ0) is 22.4. The fraction of sp³-hybridized carbons (Fsp3) is 0.391. The molecule has 0 atom stereocenters. The van der Waals surface area contributed by atoms with Crippen molar-refractivity contribution in [3.63, 3.8) is 0 Å². The number of amides is 1. The van der Waals surface area contributed by atoms with Crippen LogP contribution in [0.3, 0.4) is 0 Å². The van der Waals surface area contributed by atoms with Gasteiger partial charge in [-0.1, -0.05) is 0 Å². The molecule has 3 aromatic heterocycles. The van der Waals surface area contributed by atoms with Crippen LogP contribution in [0.1, 0.15) is 12.5 Å². The van der Waals surface area contributed by atoms with Crippen LogP contribution in [0, 0.1) is 0 Å². The van der Waals surface area contributed by atoms with Crippen LogP contribution >= 0.6 is 0 Å². The van der Waals surface area contributed by atoms with Crippen LogP contribution in [-0.2, 0) is 16.1 Å².